The summed E-state index contributed by atoms with van der Waals surface area (Å²) in [5, 5.41) is 1.59. The van der Waals surface area contributed by atoms with Gasteiger partial charge in [0.1, 0.15) is 18.9 Å². The van der Waals surface area contributed by atoms with Crippen molar-refractivity contribution in [1.82, 2.24) is 4.90 Å². The van der Waals surface area contributed by atoms with Gasteiger partial charge in [-0.2, -0.15) is 13.2 Å². The number of benzene rings is 3. The van der Waals surface area contributed by atoms with Crippen molar-refractivity contribution in [2.45, 2.75) is 19.7 Å². The molecule has 0 saturated carbocycles. The Hall–Kier alpha value is -4.45. The largest absolute Gasteiger partial charge is 0.495 e. The molecule has 12 heteroatoms. The van der Waals surface area contributed by atoms with Crippen LogP contribution in [0.5, 0.6) is 17.2 Å². The van der Waals surface area contributed by atoms with E-state index in [1.54, 1.807) is 18.2 Å². The van der Waals surface area contributed by atoms with Crippen molar-refractivity contribution in [3.63, 3.8) is 0 Å². The molecule has 0 atom stereocenters. The molecule has 1 N–H and O–H groups in total. The van der Waals surface area contributed by atoms with Crippen molar-refractivity contribution in [1.29, 1.82) is 0 Å². The van der Waals surface area contributed by atoms with Crippen molar-refractivity contribution in [3.8, 4) is 17.2 Å². The van der Waals surface area contributed by atoms with Crippen LogP contribution in [0, 0.1) is 0 Å². The highest BCUT2D eigenvalue weighted by Crippen LogP contribution is 2.37. The number of nitrogens with one attached hydrogen (secondary N) is 1. The number of methoxy groups -OCH3 is 1. The van der Waals surface area contributed by atoms with E-state index in [9.17, 15) is 27.6 Å². The Labute approximate surface area is 238 Å². The van der Waals surface area contributed by atoms with Crippen LogP contribution in [-0.2, 0) is 22.4 Å². The Morgan fingerprint density at radius 3 is 2.39 bits per heavy atom. The molecule has 214 valence electrons. The van der Waals surface area contributed by atoms with Crippen molar-refractivity contribution in [2.75, 3.05) is 25.6 Å². The Balaban J connectivity index is 1.46. The van der Waals surface area contributed by atoms with Crippen LogP contribution in [0.1, 0.15) is 23.6 Å². The van der Waals surface area contributed by atoms with Gasteiger partial charge in [0.2, 0.25) is 5.91 Å². The highest BCUT2D eigenvalue weighted by atomic mass is 32.2. The topological polar surface area (TPSA) is 94.2 Å². The Morgan fingerprint density at radius 1 is 0.976 bits per heavy atom. The van der Waals surface area contributed by atoms with Crippen LogP contribution in [0.25, 0.3) is 6.08 Å². The van der Waals surface area contributed by atoms with E-state index in [1.165, 1.54) is 13.2 Å². The fourth-order valence-electron chi connectivity index (χ4n) is 3.84. The Morgan fingerprint density at radius 2 is 1.71 bits per heavy atom. The van der Waals surface area contributed by atoms with Gasteiger partial charge in [-0.1, -0.05) is 36.4 Å². The van der Waals surface area contributed by atoms with E-state index in [2.05, 4.69) is 5.32 Å². The van der Waals surface area contributed by atoms with Gasteiger partial charge >= 0.3 is 6.18 Å². The fourth-order valence-corrected chi connectivity index (χ4v) is 4.68. The minimum absolute atomic E-state index is 0.0123. The first-order valence-electron chi connectivity index (χ1n) is 12.3. The van der Waals surface area contributed by atoms with Gasteiger partial charge in [0.25, 0.3) is 11.1 Å². The maximum absolute atomic E-state index is 13.1. The molecule has 0 aliphatic carbocycles. The van der Waals surface area contributed by atoms with Crippen LogP contribution in [0.15, 0.2) is 71.6 Å². The maximum Gasteiger partial charge on any atom is 0.416 e. The number of carbonyl (C=O) groups is 3. The third kappa shape index (κ3) is 7.40. The number of alkyl halides is 3. The summed E-state index contributed by atoms with van der Waals surface area (Å²) in [5.41, 5.74) is 0.297. The lowest BCUT2D eigenvalue weighted by Crippen LogP contribution is -2.36. The lowest BCUT2D eigenvalue weighted by molar-refractivity contribution is -0.137. The van der Waals surface area contributed by atoms with E-state index in [0.29, 0.717) is 53.0 Å². The van der Waals surface area contributed by atoms with Gasteiger partial charge in [0.05, 0.1) is 29.9 Å². The number of halogens is 3. The van der Waals surface area contributed by atoms with Gasteiger partial charge in [0, 0.05) is 0 Å². The molecule has 8 nitrogen and oxygen atoms in total. The molecule has 1 heterocycles. The number of rotatable bonds is 10. The zero-order valence-corrected chi connectivity index (χ0v) is 22.8. The number of carbonyl (C=O) groups excluding carboxylic acids is 3. The van der Waals surface area contributed by atoms with Gasteiger partial charge < -0.3 is 19.5 Å². The molecule has 3 aromatic carbocycles. The monoisotopic (exact) mass is 586 g/mol. The SMILES string of the molecule is CCOc1cc(/C=C2\SC(=O)N(CC(=O)Nc3cc(C(F)(F)F)ccc3OC)C2=O)ccc1OCc1ccccc1. The molecule has 1 aliphatic rings. The summed E-state index contributed by atoms with van der Waals surface area (Å²) in [7, 11) is 1.23. The number of ether oxygens (including phenoxy) is 3. The van der Waals surface area contributed by atoms with Gasteiger partial charge in [-0.3, -0.25) is 19.3 Å². The molecule has 1 aliphatic heterocycles. The molecule has 0 spiro atoms. The lowest BCUT2D eigenvalue weighted by atomic mass is 10.1. The first kappa shape index (κ1) is 29.5. The summed E-state index contributed by atoms with van der Waals surface area (Å²) in [6.07, 6.45) is -3.15. The average Bonchev–Trinajstić information content (AvgIpc) is 3.20. The van der Waals surface area contributed by atoms with E-state index in [1.807, 2.05) is 37.3 Å². The number of amides is 3. The minimum atomic E-state index is -4.64. The second kappa shape index (κ2) is 12.8. The zero-order valence-electron chi connectivity index (χ0n) is 22.0. The number of anilines is 1. The van der Waals surface area contributed by atoms with Crippen LogP contribution >= 0.6 is 11.8 Å². The van der Waals surface area contributed by atoms with Gasteiger partial charge in [-0.05, 0) is 66.2 Å². The molecule has 0 radical (unpaired) electrons. The molecule has 3 amide bonds. The van der Waals surface area contributed by atoms with E-state index < -0.39 is 35.3 Å². The second-order valence-electron chi connectivity index (χ2n) is 8.64. The number of hydrogen-bond donors (Lipinski definition) is 1. The number of hydrogen-bond acceptors (Lipinski definition) is 7. The third-order valence-electron chi connectivity index (χ3n) is 5.78. The molecule has 1 fully saturated rings. The predicted octanol–water partition coefficient (Wildman–Crippen LogP) is 6.37. The molecular weight excluding hydrogens is 561 g/mol. The number of imide groups is 1. The third-order valence-corrected chi connectivity index (χ3v) is 6.69. The fraction of sp³-hybridized carbons (Fsp3) is 0.207. The average molecular weight is 587 g/mol. The smallest absolute Gasteiger partial charge is 0.416 e. The first-order valence-corrected chi connectivity index (χ1v) is 13.1. The molecule has 4 rings (SSSR count). The maximum atomic E-state index is 13.1. The van der Waals surface area contributed by atoms with Crippen molar-refractivity contribution >= 4 is 40.6 Å². The van der Waals surface area contributed by atoms with Crippen LogP contribution in [0.3, 0.4) is 0 Å². The summed E-state index contributed by atoms with van der Waals surface area (Å²) >= 11 is 0.642. The number of nitrogens with zero attached hydrogens (tertiary/aromatic N) is 1. The highest BCUT2D eigenvalue weighted by Gasteiger charge is 2.37. The quantitative estimate of drug-likeness (QED) is 0.276. The van der Waals surface area contributed by atoms with Gasteiger partial charge in [0.15, 0.2) is 11.5 Å². The Bertz CT molecular complexity index is 1480. The summed E-state index contributed by atoms with van der Waals surface area (Å²) in [5.74, 6) is -0.645. The van der Waals surface area contributed by atoms with Crippen LogP contribution in [0.2, 0.25) is 0 Å². The number of thioether (sulfide) groups is 1. The van der Waals surface area contributed by atoms with Crippen LogP contribution in [-0.4, -0.2) is 42.2 Å². The summed E-state index contributed by atoms with van der Waals surface area (Å²) in [6, 6.07) is 17.2. The van der Waals surface area contributed by atoms with Crippen molar-refractivity contribution in [3.05, 3.63) is 88.3 Å². The summed E-state index contributed by atoms with van der Waals surface area (Å²) in [4.78, 5) is 38.9. The van der Waals surface area contributed by atoms with Crippen molar-refractivity contribution in [2.24, 2.45) is 0 Å². The molecule has 1 saturated heterocycles. The highest BCUT2D eigenvalue weighted by molar-refractivity contribution is 8.18. The van der Waals surface area contributed by atoms with E-state index in [4.69, 9.17) is 14.2 Å². The molecule has 0 bridgehead atoms. The van der Waals surface area contributed by atoms with Crippen molar-refractivity contribution < 1.29 is 41.8 Å². The Kier molecular flexibility index (Phi) is 9.23. The lowest BCUT2D eigenvalue weighted by Gasteiger charge is -2.16. The molecule has 0 unspecified atom stereocenters. The summed E-state index contributed by atoms with van der Waals surface area (Å²) < 4.78 is 56.0. The molecular formula is C29H25F3N2O6S. The molecule has 41 heavy (non-hydrogen) atoms. The normalized spacial score (nSPS) is 14.4. The van der Waals surface area contributed by atoms with Crippen LogP contribution in [0.4, 0.5) is 23.7 Å². The summed E-state index contributed by atoms with van der Waals surface area (Å²) in [6.45, 7) is 1.82. The van der Waals surface area contributed by atoms with E-state index in [-0.39, 0.29) is 16.3 Å². The molecule has 0 aromatic heterocycles. The van der Waals surface area contributed by atoms with E-state index >= 15 is 0 Å². The van der Waals surface area contributed by atoms with E-state index in [0.717, 1.165) is 17.7 Å². The zero-order chi connectivity index (χ0) is 29.6. The minimum Gasteiger partial charge on any atom is -0.495 e. The van der Waals surface area contributed by atoms with Crippen LogP contribution < -0.4 is 19.5 Å². The van der Waals surface area contributed by atoms with Gasteiger partial charge in [-0.15, -0.1) is 0 Å². The second-order valence-corrected chi connectivity index (χ2v) is 9.64. The predicted molar refractivity (Wildman–Crippen MR) is 148 cm³/mol. The first-order chi connectivity index (χ1) is 19.6. The van der Waals surface area contributed by atoms with Gasteiger partial charge in [-0.25, -0.2) is 0 Å². The molecule has 3 aromatic rings. The standard InChI is InChI=1S/C29H25F3N2O6S/c1-3-39-24-13-19(9-11-23(24)40-17-18-7-5-4-6-8-18)14-25-27(36)34(28(37)41-25)16-26(35)33-21-15-20(29(30,31)32)10-12-22(21)38-2/h4-15H,3,16-17H2,1-2H3,(H,33,35)/b25-14-.